The molecule has 1 amide bonds. The van der Waals surface area contributed by atoms with Gasteiger partial charge in [0.15, 0.2) is 10.6 Å². The highest BCUT2D eigenvalue weighted by molar-refractivity contribution is 7.13. The lowest BCUT2D eigenvalue weighted by Gasteiger charge is -2.22. The lowest BCUT2D eigenvalue weighted by Crippen LogP contribution is -2.29. The van der Waals surface area contributed by atoms with Crippen LogP contribution >= 0.6 is 22.9 Å². The average Bonchev–Trinajstić information content (AvgIpc) is 3.35. The Bertz CT molecular complexity index is 1320. The Morgan fingerprint density at radius 2 is 2.07 bits per heavy atom. The number of anilines is 1. The number of ether oxygens (including phenoxy) is 1. The predicted molar refractivity (Wildman–Crippen MR) is 111 cm³/mol. The van der Waals surface area contributed by atoms with Gasteiger partial charge in [-0.05, 0) is 35.9 Å². The van der Waals surface area contributed by atoms with Gasteiger partial charge < -0.3 is 9.15 Å². The molecule has 0 saturated heterocycles. The second-order valence-corrected chi connectivity index (χ2v) is 7.79. The molecule has 0 aliphatic carbocycles. The molecule has 0 fully saturated rings. The van der Waals surface area contributed by atoms with Crippen molar-refractivity contribution in [3.8, 4) is 5.75 Å². The highest BCUT2D eigenvalue weighted by atomic mass is 35.5. The smallest absolute Gasteiger partial charge is 0.297 e. The van der Waals surface area contributed by atoms with Gasteiger partial charge in [-0.2, -0.15) is 0 Å². The van der Waals surface area contributed by atoms with Gasteiger partial charge in [0.25, 0.3) is 5.91 Å². The minimum Gasteiger partial charge on any atom is -0.497 e. The van der Waals surface area contributed by atoms with Gasteiger partial charge in [0.2, 0.25) is 5.76 Å². The summed E-state index contributed by atoms with van der Waals surface area (Å²) in [6.07, 6.45) is 1.62. The van der Waals surface area contributed by atoms with E-state index in [4.69, 9.17) is 20.8 Å². The Kier molecular flexibility index (Phi) is 4.15. The van der Waals surface area contributed by atoms with Crippen molar-refractivity contribution in [3.63, 3.8) is 0 Å². The van der Waals surface area contributed by atoms with E-state index in [0.29, 0.717) is 26.9 Å². The van der Waals surface area contributed by atoms with Crippen LogP contribution in [0.15, 0.2) is 63.3 Å². The van der Waals surface area contributed by atoms with E-state index in [2.05, 4.69) is 4.98 Å². The maximum Gasteiger partial charge on any atom is 0.297 e. The Hall–Kier alpha value is -3.16. The molecular weight excluding hydrogens is 412 g/mol. The third kappa shape index (κ3) is 2.73. The zero-order valence-corrected chi connectivity index (χ0v) is 16.7. The number of rotatable bonds is 3. The van der Waals surface area contributed by atoms with Crippen LogP contribution in [0.5, 0.6) is 5.75 Å². The Labute approximate surface area is 173 Å². The number of hydrogen-bond donors (Lipinski definition) is 0. The number of methoxy groups -OCH3 is 1. The number of amides is 1. The Morgan fingerprint density at radius 1 is 1.21 bits per heavy atom. The summed E-state index contributed by atoms with van der Waals surface area (Å²) < 4.78 is 11.2. The number of thiazole rings is 1. The van der Waals surface area contributed by atoms with E-state index in [-0.39, 0.29) is 16.8 Å². The van der Waals surface area contributed by atoms with Gasteiger partial charge in [0.05, 0.1) is 24.1 Å². The third-order valence-electron chi connectivity index (χ3n) is 4.87. The van der Waals surface area contributed by atoms with Gasteiger partial charge in [-0.3, -0.25) is 14.5 Å². The van der Waals surface area contributed by atoms with Gasteiger partial charge in [-0.25, -0.2) is 4.98 Å². The summed E-state index contributed by atoms with van der Waals surface area (Å²) in [4.78, 5) is 32.5. The zero-order chi connectivity index (χ0) is 20.1. The first-order chi connectivity index (χ1) is 14.1. The standard InChI is InChI=1S/C21H13ClN2O4S/c1-27-13-4-2-3-11(9-13)17-16-18(25)14-10-12(22)5-6-15(14)28-19(16)20(26)24(17)21-23-7-8-29-21/h2-10,17H,1H3/t17-/m1/s1. The largest absolute Gasteiger partial charge is 0.497 e. The maximum absolute atomic E-state index is 13.4. The molecule has 6 nitrogen and oxygen atoms in total. The number of carbonyl (C=O) groups is 1. The first-order valence-corrected chi connectivity index (χ1v) is 9.97. The monoisotopic (exact) mass is 424 g/mol. The van der Waals surface area contributed by atoms with Gasteiger partial charge >= 0.3 is 0 Å². The summed E-state index contributed by atoms with van der Waals surface area (Å²) >= 11 is 7.40. The number of halogens is 1. The van der Waals surface area contributed by atoms with Crippen molar-refractivity contribution < 1.29 is 13.9 Å². The molecule has 8 heteroatoms. The van der Waals surface area contributed by atoms with Crippen LogP contribution in [0.2, 0.25) is 5.02 Å². The van der Waals surface area contributed by atoms with Crippen LogP contribution in [0, 0.1) is 0 Å². The number of nitrogens with zero attached hydrogens (tertiary/aromatic N) is 2. The van der Waals surface area contributed by atoms with E-state index < -0.39 is 11.9 Å². The predicted octanol–water partition coefficient (Wildman–Crippen LogP) is 4.66. The van der Waals surface area contributed by atoms with Gasteiger partial charge in [0.1, 0.15) is 11.3 Å². The molecular formula is C21H13ClN2O4S. The molecule has 1 atom stereocenters. The van der Waals surface area contributed by atoms with Crippen LogP contribution in [-0.2, 0) is 0 Å². The summed E-state index contributed by atoms with van der Waals surface area (Å²) in [7, 11) is 1.56. The SMILES string of the molecule is COc1cccc([C@@H]2c3c(oc4ccc(Cl)cc4c3=O)C(=O)N2c2nccs2)c1. The van der Waals surface area contributed by atoms with Gasteiger partial charge in [-0.15, -0.1) is 11.3 Å². The number of hydrogen-bond acceptors (Lipinski definition) is 6. The number of fused-ring (bicyclic) bond motifs is 2. The zero-order valence-electron chi connectivity index (χ0n) is 15.1. The summed E-state index contributed by atoms with van der Waals surface area (Å²) in [5, 5.41) is 3.01. The highest BCUT2D eigenvalue weighted by Crippen LogP contribution is 2.42. The quantitative estimate of drug-likeness (QED) is 0.478. The van der Waals surface area contributed by atoms with Crippen molar-refractivity contribution in [3.05, 3.63) is 86.2 Å². The molecule has 144 valence electrons. The molecule has 1 aliphatic heterocycles. The first-order valence-electron chi connectivity index (χ1n) is 8.71. The summed E-state index contributed by atoms with van der Waals surface area (Å²) in [5.41, 5.74) is 1.02. The molecule has 1 aliphatic rings. The number of carbonyl (C=O) groups excluding carboxylic acids is 1. The molecule has 0 spiro atoms. The second-order valence-electron chi connectivity index (χ2n) is 6.48. The van der Waals surface area contributed by atoms with Crippen molar-refractivity contribution in [1.82, 2.24) is 4.98 Å². The minimum atomic E-state index is -0.682. The summed E-state index contributed by atoms with van der Waals surface area (Å²) in [5.74, 6) is 0.236. The van der Waals surface area contributed by atoms with Gasteiger partial charge in [-0.1, -0.05) is 23.7 Å². The highest BCUT2D eigenvalue weighted by Gasteiger charge is 2.44. The van der Waals surface area contributed by atoms with Crippen molar-refractivity contribution in [2.24, 2.45) is 0 Å². The normalized spacial score (nSPS) is 15.7. The molecule has 2 aromatic heterocycles. The minimum absolute atomic E-state index is 0.0212. The van der Waals surface area contributed by atoms with Crippen LogP contribution in [0.1, 0.15) is 27.7 Å². The van der Waals surface area contributed by atoms with E-state index in [0.717, 1.165) is 5.56 Å². The van der Waals surface area contributed by atoms with Crippen molar-refractivity contribution in [1.29, 1.82) is 0 Å². The molecule has 0 radical (unpaired) electrons. The molecule has 4 aromatic rings. The Morgan fingerprint density at radius 3 is 2.83 bits per heavy atom. The lowest BCUT2D eigenvalue weighted by atomic mass is 9.98. The topological polar surface area (TPSA) is 72.6 Å². The first kappa shape index (κ1) is 17.9. The van der Waals surface area contributed by atoms with E-state index in [9.17, 15) is 9.59 Å². The molecule has 0 bridgehead atoms. The van der Waals surface area contributed by atoms with Crippen molar-refractivity contribution >= 4 is 44.9 Å². The second kappa shape index (κ2) is 6.72. The van der Waals surface area contributed by atoms with Crippen molar-refractivity contribution in [2.75, 3.05) is 12.0 Å². The molecule has 0 N–H and O–H groups in total. The van der Waals surface area contributed by atoms with Crippen LogP contribution in [0.25, 0.3) is 11.0 Å². The van der Waals surface area contributed by atoms with E-state index in [1.54, 1.807) is 49.0 Å². The number of aromatic nitrogens is 1. The molecule has 29 heavy (non-hydrogen) atoms. The van der Waals surface area contributed by atoms with Crippen LogP contribution in [0.4, 0.5) is 5.13 Å². The fraction of sp³-hybridized carbons (Fsp3) is 0.0952. The number of benzene rings is 2. The molecule has 0 unspecified atom stereocenters. The van der Waals surface area contributed by atoms with Crippen molar-refractivity contribution in [2.45, 2.75) is 6.04 Å². The van der Waals surface area contributed by atoms with E-state index in [1.165, 1.54) is 16.2 Å². The molecule has 5 rings (SSSR count). The average molecular weight is 425 g/mol. The third-order valence-corrected chi connectivity index (χ3v) is 5.87. The molecule has 2 aromatic carbocycles. The molecule has 3 heterocycles. The lowest BCUT2D eigenvalue weighted by molar-refractivity contribution is 0.0971. The van der Waals surface area contributed by atoms with Crippen LogP contribution < -0.4 is 15.1 Å². The Balaban J connectivity index is 1.83. The fourth-order valence-corrected chi connectivity index (χ4v) is 4.44. The van der Waals surface area contributed by atoms with E-state index in [1.807, 2.05) is 12.1 Å². The van der Waals surface area contributed by atoms with Crippen LogP contribution in [0.3, 0.4) is 0 Å². The maximum atomic E-state index is 13.4. The fourth-order valence-electron chi connectivity index (χ4n) is 3.60. The van der Waals surface area contributed by atoms with Crippen LogP contribution in [-0.4, -0.2) is 18.0 Å². The summed E-state index contributed by atoms with van der Waals surface area (Å²) in [6.45, 7) is 0. The van der Waals surface area contributed by atoms with Gasteiger partial charge in [0, 0.05) is 16.6 Å². The van der Waals surface area contributed by atoms with E-state index >= 15 is 0 Å². The summed E-state index contributed by atoms with van der Waals surface area (Å²) in [6, 6.07) is 11.4. The molecule has 0 saturated carbocycles.